The van der Waals surface area contributed by atoms with Crippen LogP contribution in [-0.2, 0) is 15.5 Å². The maximum atomic E-state index is 11.4. The summed E-state index contributed by atoms with van der Waals surface area (Å²) in [4.78, 5) is 0.858. The Morgan fingerprint density at radius 1 is 1.50 bits per heavy atom. The first kappa shape index (κ1) is 11.6. The van der Waals surface area contributed by atoms with E-state index in [4.69, 9.17) is 4.74 Å². The number of nitrogens with one attached hydrogen (secondary N) is 1. The van der Waals surface area contributed by atoms with Gasteiger partial charge in [-0.1, -0.05) is 6.07 Å². The second kappa shape index (κ2) is 4.97. The van der Waals surface area contributed by atoms with Crippen LogP contribution in [0.15, 0.2) is 29.2 Å². The zero-order valence-electron chi connectivity index (χ0n) is 9.60. The minimum atomic E-state index is -0.922. The predicted octanol–water partition coefficient (Wildman–Crippen LogP) is 2.01. The van der Waals surface area contributed by atoms with Gasteiger partial charge >= 0.3 is 0 Å². The molecule has 0 spiro atoms. The van der Waals surface area contributed by atoms with Gasteiger partial charge in [-0.2, -0.15) is 0 Å². The van der Waals surface area contributed by atoms with Crippen LogP contribution in [0.25, 0.3) is 0 Å². The second-order valence-electron chi connectivity index (χ2n) is 4.10. The topological polar surface area (TPSA) is 38.3 Å². The second-order valence-corrected chi connectivity index (χ2v) is 5.48. The Bertz CT molecular complexity index is 394. The average Bonchev–Trinajstić information content (AvgIpc) is 2.65. The molecule has 1 aromatic carbocycles. The lowest BCUT2D eigenvalue weighted by atomic mass is 10.1. The number of hydrogen-bond acceptors (Lipinski definition) is 3. The first-order valence-electron chi connectivity index (χ1n) is 5.48. The summed E-state index contributed by atoms with van der Waals surface area (Å²) < 4.78 is 16.9. The molecule has 1 fully saturated rings. The molecule has 0 amide bonds. The number of rotatable bonds is 3. The Hall–Kier alpha value is -0.870. The van der Waals surface area contributed by atoms with Crippen LogP contribution in [0.5, 0.6) is 0 Å². The molecule has 4 heteroatoms. The van der Waals surface area contributed by atoms with Gasteiger partial charge in [-0.15, -0.1) is 0 Å². The molecule has 0 bridgehead atoms. The van der Waals surface area contributed by atoms with Crippen LogP contribution in [0.1, 0.15) is 13.3 Å². The minimum absolute atomic E-state index is 0.246. The molecule has 16 heavy (non-hydrogen) atoms. The van der Waals surface area contributed by atoms with E-state index in [9.17, 15) is 4.21 Å². The van der Waals surface area contributed by atoms with E-state index in [-0.39, 0.29) is 6.10 Å². The molecule has 1 heterocycles. The Kier molecular flexibility index (Phi) is 3.61. The molecule has 0 saturated carbocycles. The van der Waals surface area contributed by atoms with Gasteiger partial charge in [0.05, 0.1) is 12.1 Å². The lowest BCUT2D eigenvalue weighted by molar-refractivity contribution is 0.121. The minimum Gasteiger partial charge on any atom is -0.380 e. The summed E-state index contributed by atoms with van der Waals surface area (Å²) in [6.45, 7) is 2.89. The Morgan fingerprint density at radius 3 is 2.94 bits per heavy atom. The Labute approximate surface area is 98.7 Å². The normalized spacial score (nSPS) is 26.6. The fourth-order valence-electron chi connectivity index (χ4n) is 1.90. The van der Waals surface area contributed by atoms with Gasteiger partial charge in [0.1, 0.15) is 0 Å². The SMILES string of the molecule is CC1OCCC1Nc1cccc(S(C)=O)c1. The maximum Gasteiger partial charge on any atom is 0.0748 e. The van der Waals surface area contributed by atoms with Gasteiger partial charge < -0.3 is 10.1 Å². The van der Waals surface area contributed by atoms with E-state index in [1.807, 2.05) is 24.3 Å². The largest absolute Gasteiger partial charge is 0.380 e. The summed E-state index contributed by atoms with van der Waals surface area (Å²) in [5.41, 5.74) is 1.02. The summed E-state index contributed by atoms with van der Waals surface area (Å²) in [5.74, 6) is 0. The highest BCUT2D eigenvalue weighted by Crippen LogP contribution is 2.20. The van der Waals surface area contributed by atoms with Gasteiger partial charge in [0, 0.05) is 34.2 Å². The smallest absolute Gasteiger partial charge is 0.0748 e. The number of benzene rings is 1. The van der Waals surface area contributed by atoms with Crippen molar-refractivity contribution in [3.8, 4) is 0 Å². The summed E-state index contributed by atoms with van der Waals surface area (Å²) in [6, 6.07) is 8.12. The van der Waals surface area contributed by atoms with Crippen molar-refractivity contribution in [1.82, 2.24) is 0 Å². The number of ether oxygens (including phenoxy) is 1. The lowest BCUT2D eigenvalue weighted by Crippen LogP contribution is -2.26. The van der Waals surface area contributed by atoms with E-state index in [1.54, 1.807) is 6.26 Å². The number of anilines is 1. The standard InChI is InChI=1S/C12H17NO2S/c1-9-12(6-7-15-9)13-10-4-3-5-11(8-10)16(2)14/h3-5,8-9,12-13H,6-7H2,1-2H3. The predicted molar refractivity (Wildman–Crippen MR) is 66.2 cm³/mol. The number of hydrogen-bond donors (Lipinski definition) is 1. The first-order valence-corrected chi connectivity index (χ1v) is 7.04. The zero-order valence-corrected chi connectivity index (χ0v) is 10.4. The van der Waals surface area contributed by atoms with Crippen LogP contribution in [0, 0.1) is 0 Å². The van der Waals surface area contributed by atoms with Crippen LogP contribution in [0.2, 0.25) is 0 Å². The van der Waals surface area contributed by atoms with Gasteiger partial charge in [-0.3, -0.25) is 4.21 Å². The molecule has 2 rings (SSSR count). The summed E-state index contributed by atoms with van der Waals surface area (Å²) in [6.07, 6.45) is 2.97. The molecule has 1 aliphatic heterocycles. The van der Waals surface area contributed by atoms with Crippen molar-refractivity contribution in [1.29, 1.82) is 0 Å². The molecule has 1 N–H and O–H groups in total. The highest BCUT2D eigenvalue weighted by Gasteiger charge is 2.23. The molecule has 0 aromatic heterocycles. The van der Waals surface area contributed by atoms with Gasteiger partial charge in [0.25, 0.3) is 0 Å². The Morgan fingerprint density at radius 2 is 2.31 bits per heavy atom. The molecule has 3 nitrogen and oxygen atoms in total. The van der Waals surface area contributed by atoms with Crippen molar-refractivity contribution in [2.45, 2.75) is 30.4 Å². The van der Waals surface area contributed by atoms with E-state index < -0.39 is 10.8 Å². The summed E-state index contributed by atoms with van der Waals surface area (Å²) >= 11 is 0. The van der Waals surface area contributed by atoms with Crippen molar-refractivity contribution < 1.29 is 8.95 Å². The van der Waals surface area contributed by atoms with Crippen molar-refractivity contribution in [2.24, 2.45) is 0 Å². The van der Waals surface area contributed by atoms with E-state index in [2.05, 4.69) is 12.2 Å². The molecule has 3 unspecified atom stereocenters. The fraction of sp³-hybridized carbons (Fsp3) is 0.500. The quantitative estimate of drug-likeness (QED) is 0.877. The van der Waals surface area contributed by atoms with Crippen LogP contribution in [0.4, 0.5) is 5.69 Å². The molecular formula is C12H17NO2S. The molecular weight excluding hydrogens is 222 g/mol. The molecule has 1 saturated heterocycles. The van der Waals surface area contributed by atoms with E-state index in [0.717, 1.165) is 23.6 Å². The average molecular weight is 239 g/mol. The Balaban J connectivity index is 2.09. The zero-order chi connectivity index (χ0) is 11.5. The summed E-state index contributed by atoms with van der Waals surface area (Å²) in [7, 11) is -0.922. The molecule has 0 aliphatic carbocycles. The van der Waals surface area contributed by atoms with Gasteiger partial charge in [0.2, 0.25) is 0 Å². The van der Waals surface area contributed by atoms with Gasteiger partial charge in [0.15, 0.2) is 0 Å². The third-order valence-corrected chi connectivity index (χ3v) is 3.81. The van der Waals surface area contributed by atoms with E-state index in [1.165, 1.54) is 0 Å². The fourth-order valence-corrected chi connectivity index (χ4v) is 2.46. The monoisotopic (exact) mass is 239 g/mol. The lowest BCUT2D eigenvalue weighted by Gasteiger charge is -2.17. The molecule has 1 aliphatic rings. The highest BCUT2D eigenvalue weighted by molar-refractivity contribution is 7.84. The van der Waals surface area contributed by atoms with Crippen molar-refractivity contribution in [2.75, 3.05) is 18.2 Å². The van der Waals surface area contributed by atoms with E-state index >= 15 is 0 Å². The van der Waals surface area contributed by atoms with E-state index in [0.29, 0.717) is 6.04 Å². The van der Waals surface area contributed by atoms with Gasteiger partial charge in [-0.05, 0) is 31.5 Å². The van der Waals surface area contributed by atoms with Crippen LogP contribution in [-0.4, -0.2) is 29.2 Å². The molecule has 1 aromatic rings. The van der Waals surface area contributed by atoms with Crippen LogP contribution >= 0.6 is 0 Å². The van der Waals surface area contributed by atoms with Crippen molar-refractivity contribution in [3.63, 3.8) is 0 Å². The maximum absolute atomic E-state index is 11.4. The molecule has 0 radical (unpaired) electrons. The molecule has 88 valence electrons. The highest BCUT2D eigenvalue weighted by atomic mass is 32.2. The third kappa shape index (κ3) is 2.62. The van der Waals surface area contributed by atoms with Crippen molar-refractivity contribution in [3.05, 3.63) is 24.3 Å². The third-order valence-electron chi connectivity index (χ3n) is 2.89. The molecule has 3 atom stereocenters. The van der Waals surface area contributed by atoms with Crippen LogP contribution < -0.4 is 5.32 Å². The van der Waals surface area contributed by atoms with Gasteiger partial charge in [-0.25, -0.2) is 0 Å². The van der Waals surface area contributed by atoms with Crippen LogP contribution in [0.3, 0.4) is 0 Å². The first-order chi connectivity index (χ1) is 7.66. The van der Waals surface area contributed by atoms with Crippen molar-refractivity contribution >= 4 is 16.5 Å². The summed E-state index contributed by atoms with van der Waals surface area (Å²) in [5, 5.41) is 3.43.